The van der Waals surface area contributed by atoms with Crippen LogP contribution in [0.2, 0.25) is 0 Å². The number of benzene rings is 2. The number of rotatable bonds is 9. The van der Waals surface area contributed by atoms with Crippen molar-refractivity contribution < 1.29 is 9.53 Å². The minimum absolute atomic E-state index is 0.0603. The molecule has 0 spiro atoms. The van der Waals surface area contributed by atoms with E-state index in [9.17, 15) is 4.79 Å². The predicted molar refractivity (Wildman–Crippen MR) is 129 cm³/mol. The summed E-state index contributed by atoms with van der Waals surface area (Å²) < 4.78 is 8.29. The minimum atomic E-state index is -0.0603. The smallest absolute Gasteiger partial charge is 0.234 e. The second-order valence-electron chi connectivity index (χ2n) is 7.41. The zero-order valence-electron chi connectivity index (χ0n) is 18.2. The maximum atomic E-state index is 12.3. The van der Waals surface area contributed by atoms with Crippen LogP contribution in [-0.4, -0.2) is 33.5 Å². The topological polar surface area (TPSA) is 69.0 Å². The molecule has 6 nitrogen and oxygen atoms in total. The van der Waals surface area contributed by atoms with Crippen molar-refractivity contribution in [3.63, 3.8) is 0 Å². The number of aromatic nitrogens is 3. The summed E-state index contributed by atoms with van der Waals surface area (Å²) in [6.07, 6.45) is 2.78. The molecule has 0 aliphatic rings. The monoisotopic (exact) mass is 502 g/mol. The summed E-state index contributed by atoms with van der Waals surface area (Å²) in [5.74, 6) is 2.07. The number of anilines is 1. The SMILES string of the molecule is COc1ccc(CCCc2nnc(SCC(=O)Nc3ccc(Br)cc3C)n2C)cc1C. The lowest BCUT2D eigenvalue weighted by atomic mass is 10.0. The van der Waals surface area contributed by atoms with Crippen molar-refractivity contribution >= 4 is 39.3 Å². The highest BCUT2D eigenvalue weighted by molar-refractivity contribution is 9.10. The van der Waals surface area contributed by atoms with Gasteiger partial charge < -0.3 is 14.6 Å². The first-order chi connectivity index (χ1) is 14.9. The number of amides is 1. The second-order valence-corrected chi connectivity index (χ2v) is 9.27. The van der Waals surface area contributed by atoms with Crippen LogP contribution < -0.4 is 10.1 Å². The van der Waals surface area contributed by atoms with Crippen molar-refractivity contribution in [1.82, 2.24) is 14.8 Å². The molecule has 0 bridgehead atoms. The average molecular weight is 503 g/mol. The van der Waals surface area contributed by atoms with Gasteiger partial charge in [-0.2, -0.15) is 0 Å². The summed E-state index contributed by atoms with van der Waals surface area (Å²) in [5.41, 5.74) is 4.27. The van der Waals surface area contributed by atoms with Crippen molar-refractivity contribution in [2.75, 3.05) is 18.2 Å². The molecule has 1 heterocycles. The fourth-order valence-corrected chi connectivity index (χ4v) is 4.52. The molecule has 3 rings (SSSR count). The number of ether oxygens (including phenoxy) is 1. The van der Waals surface area contributed by atoms with Gasteiger partial charge in [-0.25, -0.2) is 0 Å². The number of nitrogens with zero attached hydrogens (tertiary/aromatic N) is 3. The largest absolute Gasteiger partial charge is 0.496 e. The molecule has 0 unspecified atom stereocenters. The molecule has 0 aliphatic heterocycles. The highest BCUT2D eigenvalue weighted by atomic mass is 79.9. The first-order valence-corrected chi connectivity index (χ1v) is 11.9. The molecule has 3 aromatic rings. The van der Waals surface area contributed by atoms with Gasteiger partial charge >= 0.3 is 0 Å². The number of methoxy groups -OCH3 is 1. The number of halogens is 1. The zero-order valence-corrected chi connectivity index (χ0v) is 20.6. The Morgan fingerprint density at radius 2 is 1.94 bits per heavy atom. The van der Waals surface area contributed by atoms with Crippen molar-refractivity contribution in [1.29, 1.82) is 0 Å². The molecule has 31 heavy (non-hydrogen) atoms. The van der Waals surface area contributed by atoms with Gasteiger partial charge in [0.25, 0.3) is 0 Å². The van der Waals surface area contributed by atoms with Crippen LogP contribution in [0.3, 0.4) is 0 Å². The quantitative estimate of drug-likeness (QED) is 0.411. The maximum absolute atomic E-state index is 12.3. The fraction of sp³-hybridized carbons (Fsp3) is 0.348. The van der Waals surface area contributed by atoms with Gasteiger partial charge in [0, 0.05) is 23.6 Å². The number of nitrogens with one attached hydrogen (secondary N) is 1. The van der Waals surface area contributed by atoms with Crippen LogP contribution in [0.4, 0.5) is 5.69 Å². The van der Waals surface area contributed by atoms with Gasteiger partial charge in [0.15, 0.2) is 5.16 Å². The Hall–Kier alpha value is -2.32. The van der Waals surface area contributed by atoms with Crippen LogP contribution in [0.15, 0.2) is 46.0 Å². The van der Waals surface area contributed by atoms with Gasteiger partial charge in [-0.15, -0.1) is 10.2 Å². The van der Waals surface area contributed by atoms with E-state index in [1.54, 1.807) is 7.11 Å². The van der Waals surface area contributed by atoms with E-state index < -0.39 is 0 Å². The van der Waals surface area contributed by atoms with E-state index in [-0.39, 0.29) is 11.7 Å². The van der Waals surface area contributed by atoms with Gasteiger partial charge in [0.05, 0.1) is 12.9 Å². The Morgan fingerprint density at radius 3 is 2.65 bits per heavy atom. The molecule has 1 amide bonds. The molecule has 1 aromatic heterocycles. The molecule has 0 aliphatic carbocycles. The number of carbonyl (C=O) groups is 1. The molecular formula is C23H27BrN4O2S. The fourth-order valence-electron chi connectivity index (χ4n) is 3.32. The van der Waals surface area contributed by atoms with E-state index in [0.717, 1.165) is 57.3 Å². The van der Waals surface area contributed by atoms with Gasteiger partial charge in [-0.05, 0) is 67.6 Å². The first kappa shape index (κ1) is 23.3. The molecule has 1 N–H and O–H groups in total. The van der Waals surface area contributed by atoms with Crippen molar-refractivity contribution in [3.05, 3.63) is 63.4 Å². The number of carbonyl (C=O) groups excluding carboxylic acids is 1. The Bertz CT molecular complexity index is 1070. The summed E-state index contributed by atoms with van der Waals surface area (Å²) in [6.45, 7) is 4.03. The van der Waals surface area contributed by atoms with E-state index in [0.29, 0.717) is 0 Å². The molecule has 8 heteroatoms. The number of thioether (sulfide) groups is 1. The summed E-state index contributed by atoms with van der Waals surface area (Å²) in [7, 11) is 3.64. The minimum Gasteiger partial charge on any atom is -0.496 e. The molecule has 0 fully saturated rings. The van der Waals surface area contributed by atoms with Gasteiger partial charge in [-0.1, -0.05) is 39.8 Å². The lowest BCUT2D eigenvalue weighted by molar-refractivity contribution is -0.113. The molecule has 0 atom stereocenters. The molecular weight excluding hydrogens is 476 g/mol. The van der Waals surface area contributed by atoms with E-state index in [1.807, 2.05) is 42.8 Å². The second kappa shape index (κ2) is 10.8. The third-order valence-corrected chi connectivity index (χ3v) is 6.56. The van der Waals surface area contributed by atoms with Gasteiger partial charge in [-0.3, -0.25) is 4.79 Å². The molecule has 0 saturated heterocycles. The highest BCUT2D eigenvalue weighted by Gasteiger charge is 2.12. The van der Waals surface area contributed by atoms with E-state index in [4.69, 9.17) is 4.74 Å². The Kier molecular flexibility index (Phi) is 8.15. The Labute approximate surface area is 195 Å². The van der Waals surface area contributed by atoms with Crippen LogP contribution in [-0.2, 0) is 24.7 Å². The van der Waals surface area contributed by atoms with Gasteiger partial charge in [0.2, 0.25) is 5.91 Å². The lowest BCUT2D eigenvalue weighted by Gasteiger charge is -2.09. The average Bonchev–Trinajstić information content (AvgIpc) is 3.08. The van der Waals surface area contributed by atoms with Crippen LogP contribution in [0, 0.1) is 13.8 Å². The number of hydrogen-bond acceptors (Lipinski definition) is 5. The first-order valence-electron chi connectivity index (χ1n) is 10.1. The van der Waals surface area contributed by atoms with Crippen LogP contribution in [0.25, 0.3) is 0 Å². The predicted octanol–water partition coefficient (Wildman–Crippen LogP) is 5.11. The van der Waals surface area contributed by atoms with Crippen molar-refractivity contribution in [3.8, 4) is 5.75 Å². The Balaban J connectivity index is 1.49. The van der Waals surface area contributed by atoms with Crippen LogP contribution in [0.5, 0.6) is 5.75 Å². The maximum Gasteiger partial charge on any atom is 0.234 e. The lowest BCUT2D eigenvalue weighted by Crippen LogP contribution is -2.15. The third kappa shape index (κ3) is 6.33. The van der Waals surface area contributed by atoms with Crippen molar-refractivity contribution in [2.24, 2.45) is 7.05 Å². The van der Waals surface area contributed by atoms with E-state index in [2.05, 4.69) is 50.5 Å². The van der Waals surface area contributed by atoms with Crippen molar-refractivity contribution in [2.45, 2.75) is 38.3 Å². The number of hydrogen-bond donors (Lipinski definition) is 1. The number of aryl methyl sites for hydroxylation is 4. The summed E-state index contributed by atoms with van der Waals surface area (Å²) >= 11 is 4.83. The summed E-state index contributed by atoms with van der Waals surface area (Å²) in [4.78, 5) is 12.3. The highest BCUT2D eigenvalue weighted by Crippen LogP contribution is 2.22. The van der Waals surface area contributed by atoms with E-state index >= 15 is 0 Å². The van der Waals surface area contributed by atoms with Crippen LogP contribution >= 0.6 is 27.7 Å². The van der Waals surface area contributed by atoms with E-state index in [1.165, 1.54) is 17.3 Å². The third-order valence-electron chi connectivity index (χ3n) is 5.05. The molecule has 0 saturated carbocycles. The molecule has 164 valence electrons. The van der Waals surface area contributed by atoms with Crippen LogP contribution in [0.1, 0.15) is 28.9 Å². The molecule has 0 radical (unpaired) electrons. The summed E-state index contributed by atoms with van der Waals surface area (Å²) in [5, 5.41) is 12.3. The summed E-state index contributed by atoms with van der Waals surface area (Å²) in [6, 6.07) is 12.1. The zero-order chi connectivity index (χ0) is 22.4. The van der Waals surface area contributed by atoms with Gasteiger partial charge in [0.1, 0.15) is 11.6 Å². The normalized spacial score (nSPS) is 10.9. The standard InChI is InChI=1S/C23H27BrN4O2S/c1-15-13-18(24)9-10-19(15)25-22(29)14-31-23-27-26-21(28(23)3)7-5-6-17-8-11-20(30-4)16(2)12-17/h8-13H,5-7,14H2,1-4H3,(H,25,29). The molecule has 2 aromatic carbocycles. The Morgan fingerprint density at radius 1 is 1.13 bits per heavy atom.